The highest BCUT2D eigenvalue weighted by Crippen LogP contribution is 2.37. The van der Waals surface area contributed by atoms with Gasteiger partial charge in [0, 0.05) is 36.3 Å². The second-order valence-corrected chi connectivity index (χ2v) is 7.53. The van der Waals surface area contributed by atoms with E-state index in [2.05, 4.69) is 16.9 Å². The van der Waals surface area contributed by atoms with Crippen LogP contribution in [0.1, 0.15) is 49.0 Å². The van der Waals surface area contributed by atoms with Gasteiger partial charge in [-0.25, -0.2) is 9.97 Å². The first-order chi connectivity index (χ1) is 12.2. The molecule has 2 aliphatic rings. The van der Waals surface area contributed by atoms with Crippen LogP contribution in [0.2, 0.25) is 0 Å². The minimum absolute atomic E-state index is 0. The number of alkyl halides is 3. The topological polar surface area (TPSA) is 72.1 Å². The van der Waals surface area contributed by atoms with Crippen molar-refractivity contribution in [3.05, 3.63) is 22.8 Å². The number of carbonyl (C=O) groups is 1. The number of halogens is 5. The first-order valence-electron chi connectivity index (χ1n) is 9.14. The molecule has 2 N–H and O–H groups in total. The Kier molecular flexibility index (Phi) is 8.53. The average Bonchev–Trinajstić information content (AvgIpc) is 2.59. The minimum atomic E-state index is -4.54. The number of aryl methyl sites for hydroxylation is 2. The summed E-state index contributed by atoms with van der Waals surface area (Å²) >= 11 is 0. The molecular formula is C18H27Cl2F3N4O. The summed E-state index contributed by atoms with van der Waals surface area (Å²) in [5, 5.41) is 0. The summed E-state index contributed by atoms with van der Waals surface area (Å²) < 4.78 is 40.2. The molecule has 0 aromatic carbocycles. The Morgan fingerprint density at radius 2 is 1.93 bits per heavy atom. The van der Waals surface area contributed by atoms with Crippen molar-refractivity contribution in [1.82, 2.24) is 14.9 Å². The molecule has 2 heterocycles. The molecule has 1 saturated heterocycles. The Balaban J connectivity index is 0.00000196. The summed E-state index contributed by atoms with van der Waals surface area (Å²) in [4.78, 5) is 22.6. The van der Waals surface area contributed by atoms with Gasteiger partial charge in [0.2, 0.25) is 5.91 Å². The van der Waals surface area contributed by atoms with E-state index >= 15 is 0 Å². The van der Waals surface area contributed by atoms with Gasteiger partial charge in [-0.05, 0) is 44.9 Å². The zero-order valence-electron chi connectivity index (χ0n) is 16.0. The molecule has 3 rings (SSSR count). The molecule has 3 atom stereocenters. The standard InChI is InChI=1S/C18H25F3N4O.2ClH/c1-10-5-6-25(13(7-10)9-22)17(26)12-3-4-15-14(8-12)16(18(19,20)21)24-11(2)23-15;;/h10,12-13H,3-9,22H2,1-2H3;2*1H. The summed E-state index contributed by atoms with van der Waals surface area (Å²) in [6.07, 6.45) is -1.85. The van der Waals surface area contributed by atoms with Crippen LogP contribution < -0.4 is 5.73 Å². The van der Waals surface area contributed by atoms with Crippen molar-refractivity contribution >= 4 is 30.7 Å². The average molecular weight is 443 g/mol. The highest BCUT2D eigenvalue weighted by Gasteiger charge is 2.41. The van der Waals surface area contributed by atoms with Crippen molar-refractivity contribution in [3.63, 3.8) is 0 Å². The molecule has 0 bridgehead atoms. The lowest BCUT2D eigenvalue weighted by atomic mass is 9.83. The summed E-state index contributed by atoms with van der Waals surface area (Å²) in [7, 11) is 0. The normalized spacial score (nSPS) is 24.6. The summed E-state index contributed by atoms with van der Waals surface area (Å²) in [5.74, 6) is 0.0889. The largest absolute Gasteiger partial charge is 0.433 e. The van der Waals surface area contributed by atoms with E-state index in [9.17, 15) is 18.0 Å². The molecule has 0 radical (unpaired) electrons. The predicted molar refractivity (Wildman–Crippen MR) is 105 cm³/mol. The maximum absolute atomic E-state index is 13.4. The summed E-state index contributed by atoms with van der Waals surface area (Å²) in [6, 6.07) is -0.0241. The monoisotopic (exact) mass is 442 g/mol. The number of nitrogens with two attached hydrogens (primary N) is 1. The van der Waals surface area contributed by atoms with Gasteiger partial charge in [0.15, 0.2) is 5.69 Å². The third-order valence-corrected chi connectivity index (χ3v) is 5.54. The molecule has 1 aliphatic carbocycles. The van der Waals surface area contributed by atoms with E-state index in [0.717, 1.165) is 12.8 Å². The van der Waals surface area contributed by atoms with Gasteiger partial charge < -0.3 is 10.6 Å². The molecule has 160 valence electrons. The van der Waals surface area contributed by atoms with Crippen LogP contribution in [-0.2, 0) is 23.8 Å². The fourth-order valence-corrected chi connectivity index (χ4v) is 4.18. The van der Waals surface area contributed by atoms with Gasteiger partial charge in [-0.2, -0.15) is 13.2 Å². The molecule has 1 fully saturated rings. The molecule has 1 aliphatic heterocycles. The van der Waals surface area contributed by atoms with Crippen molar-refractivity contribution in [2.24, 2.45) is 17.6 Å². The molecule has 28 heavy (non-hydrogen) atoms. The van der Waals surface area contributed by atoms with E-state index in [1.165, 1.54) is 6.92 Å². The number of hydrogen-bond acceptors (Lipinski definition) is 4. The molecule has 10 heteroatoms. The minimum Gasteiger partial charge on any atom is -0.338 e. The van der Waals surface area contributed by atoms with E-state index in [4.69, 9.17) is 5.73 Å². The van der Waals surface area contributed by atoms with Crippen LogP contribution >= 0.6 is 24.8 Å². The van der Waals surface area contributed by atoms with Crippen LogP contribution in [0.25, 0.3) is 0 Å². The van der Waals surface area contributed by atoms with Crippen LogP contribution in [0.3, 0.4) is 0 Å². The molecular weight excluding hydrogens is 416 g/mol. The molecule has 0 spiro atoms. The number of likely N-dealkylation sites (tertiary alicyclic amines) is 1. The van der Waals surface area contributed by atoms with Crippen LogP contribution in [0.5, 0.6) is 0 Å². The lowest BCUT2D eigenvalue weighted by Crippen LogP contribution is -2.52. The van der Waals surface area contributed by atoms with E-state index < -0.39 is 17.8 Å². The summed E-state index contributed by atoms with van der Waals surface area (Å²) in [6.45, 7) is 4.61. The zero-order chi connectivity index (χ0) is 19.1. The number of rotatable bonds is 2. The molecule has 1 aromatic heterocycles. The Morgan fingerprint density at radius 3 is 2.54 bits per heavy atom. The fourth-order valence-electron chi connectivity index (χ4n) is 4.18. The Morgan fingerprint density at radius 1 is 1.25 bits per heavy atom. The van der Waals surface area contributed by atoms with E-state index in [1.54, 1.807) is 4.90 Å². The zero-order valence-corrected chi connectivity index (χ0v) is 17.6. The van der Waals surface area contributed by atoms with Crippen LogP contribution in [0, 0.1) is 18.8 Å². The number of fused-ring (bicyclic) bond motifs is 1. The van der Waals surface area contributed by atoms with Crippen molar-refractivity contribution in [2.45, 2.75) is 58.2 Å². The second kappa shape index (κ2) is 9.59. The smallest absolute Gasteiger partial charge is 0.338 e. The Labute approximate surface area is 175 Å². The van der Waals surface area contributed by atoms with Crippen molar-refractivity contribution in [1.29, 1.82) is 0 Å². The highest BCUT2D eigenvalue weighted by molar-refractivity contribution is 5.85. The van der Waals surface area contributed by atoms with Gasteiger partial charge in [0.25, 0.3) is 0 Å². The van der Waals surface area contributed by atoms with E-state index in [0.29, 0.717) is 37.5 Å². The van der Waals surface area contributed by atoms with Gasteiger partial charge in [-0.15, -0.1) is 24.8 Å². The lowest BCUT2D eigenvalue weighted by molar-refractivity contribution is -0.144. The van der Waals surface area contributed by atoms with Crippen molar-refractivity contribution in [3.8, 4) is 0 Å². The van der Waals surface area contributed by atoms with Gasteiger partial charge >= 0.3 is 6.18 Å². The maximum Gasteiger partial charge on any atom is 0.433 e. The van der Waals surface area contributed by atoms with Crippen LogP contribution in [0.4, 0.5) is 13.2 Å². The quantitative estimate of drug-likeness (QED) is 0.761. The highest BCUT2D eigenvalue weighted by atomic mass is 35.5. The molecule has 1 amide bonds. The predicted octanol–water partition coefficient (Wildman–Crippen LogP) is 3.34. The van der Waals surface area contributed by atoms with Gasteiger partial charge in [0.05, 0.1) is 0 Å². The maximum atomic E-state index is 13.4. The lowest BCUT2D eigenvalue weighted by Gasteiger charge is -2.40. The number of piperidine rings is 1. The molecule has 5 nitrogen and oxygen atoms in total. The first kappa shape index (κ1) is 24.9. The van der Waals surface area contributed by atoms with Gasteiger partial charge in [0.1, 0.15) is 5.82 Å². The van der Waals surface area contributed by atoms with E-state index in [1.807, 2.05) is 0 Å². The third kappa shape index (κ3) is 5.07. The SMILES string of the molecule is Cc1nc2c(c(C(F)(F)F)n1)CC(C(=O)N1CCC(C)CC1CN)CC2.Cl.Cl. The Hall–Kier alpha value is -1.12. The first-order valence-corrected chi connectivity index (χ1v) is 9.14. The van der Waals surface area contributed by atoms with Gasteiger partial charge in [-0.1, -0.05) is 6.92 Å². The molecule has 0 saturated carbocycles. The van der Waals surface area contributed by atoms with Gasteiger partial charge in [-0.3, -0.25) is 4.79 Å². The van der Waals surface area contributed by atoms with E-state index in [-0.39, 0.29) is 54.6 Å². The third-order valence-electron chi connectivity index (χ3n) is 5.54. The molecule has 1 aromatic rings. The Bertz CT molecular complexity index is 702. The summed E-state index contributed by atoms with van der Waals surface area (Å²) in [5.41, 5.74) is 5.46. The second-order valence-electron chi connectivity index (χ2n) is 7.53. The number of nitrogens with zero attached hydrogens (tertiary/aromatic N) is 3. The van der Waals surface area contributed by atoms with Crippen molar-refractivity contribution in [2.75, 3.05) is 13.1 Å². The molecule has 3 unspecified atom stereocenters. The van der Waals surface area contributed by atoms with Crippen molar-refractivity contribution < 1.29 is 18.0 Å². The van der Waals surface area contributed by atoms with Crippen LogP contribution in [0.15, 0.2) is 0 Å². The fraction of sp³-hybridized carbons (Fsp3) is 0.722. The van der Waals surface area contributed by atoms with Crippen LogP contribution in [-0.4, -0.2) is 39.9 Å². The number of amides is 1. The number of hydrogen-bond donors (Lipinski definition) is 1. The number of carbonyl (C=O) groups excluding carboxylic acids is 1. The number of aromatic nitrogens is 2.